The van der Waals surface area contributed by atoms with Crippen LogP contribution in [-0.2, 0) is 14.8 Å². The molecule has 1 spiro atoms. The van der Waals surface area contributed by atoms with Crippen molar-refractivity contribution in [3.63, 3.8) is 0 Å². The van der Waals surface area contributed by atoms with Crippen LogP contribution in [0.1, 0.15) is 56.0 Å². The molecule has 0 radical (unpaired) electrons. The largest absolute Gasteiger partial charge is 0.380 e. The number of pyridine rings is 1. The van der Waals surface area contributed by atoms with Crippen LogP contribution < -0.4 is 4.72 Å². The van der Waals surface area contributed by atoms with Gasteiger partial charge in [-0.15, -0.1) is 10.2 Å². The fourth-order valence-corrected chi connectivity index (χ4v) is 6.74. The van der Waals surface area contributed by atoms with E-state index >= 15 is 0 Å². The summed E-state index contributed by atoms with van der Waals surface area (Å²) in [5.74, 6) is 0. The highest BCUT2D eigenvalue weighted by molar-refractivity contribution is 7.89. The number of hydrogen-bond donors (Lipinski definition) is 1. The second-order valence-corrected chi connectivity index (χ2v) is 12.5. The number of fused-ring (bicyclic) bond motifs is 1. The van der Waals surface area contributed by atoms with Gasteiger partial charge < -0.3 is 4.74 Å². The van der Waals surface area contributed by atoms with E-state index in [-0.39, 0.29) is 20.3 Å². The number of allylic oxidation sites excluding steroid dienone is 2. The minimum absolute atomic E-state index is 0.106. The van der Waals surface area contributed by atoms with E-state index in [4.69, 9.17) is 4.74 Å². The summed E-state index contributed by atoms with van der Waals surface area (Å²) < 4.78 is 62.6. The molecular formula is C22H23F2N5O3S2. The van der Waals surface area contributed by atoms with E-state index < -0.39 is 22.0 Å². The van der Waals surface area contributed by atoms with Gasteiger partial charge in [-0.2, -0.15) is 0 Å². The van der Waals surface area contributed by atoms with Gasteiger partial charge in [-0.3, -0.25) is 4.40 Å². The summed E-state index contributed by atoms with van der Waals surface area (Å²) in [6, 6.07) is 1.67. The number of rotatable bonds is 6. The molecule has 1 saturated heterocycles. The molecule has 1 aliphatic heterocycles. The second kappa shape index (κ2) is 7.61. The number of ether oxygens (including phenoxy) is 1. The number of nitrogens with one attached hydrogen (secondary N) is 1. The van der Waals surface area contributed by atoms with Gasteiger partial charge in [0.25, 0.3) is 6.43 Å². The van der Waals surface area contributed by atoms with Crippen molar-refractivity contribution in [3.8, 4) is 10.7 Å². The summed E-state index contributed by atoms with van der Waals surface area (Å²) in [7, 11) is -3.81. The number of hydrogen-bond acceptors (Lipinski definition) is 7. The van der Waals surface area contributed by atoms with Crippen molar-refractivity contribution in [2.75, 3.05) is 13.2 Å². The number of imidazole rings is 1. The molecule has 2 fully saturated rings. The first-order chi connectivity index (χ1) is 16.2. The highest BCUT2D eigenvalue weighted by Crippen LogP contribution is 2.45. The van der Waals surface area contributed by atoms with Crippen molar-refractivity contribution in [2.45, 2.75) is 55.9 Å². The molecule has 1 saturated carbocycles. The molecule has 180 valence electrons. The van der Waals surface area contributed by atoms with Crippen molar-refractivity contribution < 1.29 is 21.9 Å². The molecule has 34 heavy (non-hydrogen) atoms. The van der Waals surface area contributed by atoms with Crippen LogP contribution in [0.5, 0.6) is 0 Å². The Balaban J connectivity index is 1.49. The Kier molecular flexibility index (Phi) is 4.97. The SMILES string of the molecule is CC1(NS(=O)(=O)c2cc(C3=CCC4(CC3)COC4)c3ncc(-c4nnc(C(F)F)s4)n3c2)CC1. The normalized spacial score (nSPS) is 21.1. The first-order valence-corrected chi connectivity index (χ1v) is 13.4. The lowest BCUT2D eigenvalue weighted by Crippen LogP contribution is -2.43. The maximum Gasteiger partial charge on any atom is 0.291 e. The molecule has 3 aromatic heterocycles. The first-order valence-electron chi connectivity index (χ1n) is 11.1. The third kappa shape index (κ3) is 3.76. The van der Waals surface area contributed by atoms with Crippen molar-refractivity contribution >= 4 is 32.6 Å². The maximum absolute atomic E-state index is 13.3. The summed E-state index contributed by atoms with van der Waals surface area (Å²) in [4.78, 5) is 4.64. The van der Waals surface area contributed by atoms with Crippen molar-refractivity contribution in [1.29, 1.82) is 0 Å². The van der Waals surface area contributed by atoms with Gasteiger partial charge in [-0.25, -0.2) is 26.9 Å². The second-order valence-electron chi connectivity index (χ2n) is 9.77. The Morgan fingerprint density at radius 1 is 1.24 bits per heavy atom. The third-order valence-electron chi connectivity index (χ3n) is 6.99. The standard InChI is InChI=1S/C22H23F2N5O3S2/c1-21(6-7-21)28-34(30,31)14-8-15(13-2-4-22(5-3-13)11-32-12-22)18-25-9-16(29(18)10-14)19-26-27-20(33-19)17(23)24/h2,8-10,17,28H,3-7,11-12H2,1H3. The molecule has 8 nitrogen and oxygen atoms in total. The van der Waals surface area contributed by atoms with Gasteiger partial charge >= 0.3 is 0 Å². The molecular weight excluding hydrogens is 484 g/mol. The molecule has 1 N–H and O–H groups in total. The number of sulfonamides is 1. The van der Waals surface area contributed by atoms with E-state index in [0.717, 1.165) is 67.8 Å². The molecule has 6 rings (SSSR count). The van der Waals surface area contributed by atoms with Crippen LogP contribution in [0.4, 0.5) is 8.78 Å². The van der Waals surface area contributed by atoms with Gasteiger partial charge in [0.05, 0.1) is 24.3 Å². The van der Waals surface area contributed by atoms with Gasteiger partial charge in [-0.1, -0.05) is 17.4 Å². The molecule has 12 heteroatoms. The lowest BCUT2D eigenvalue weighted by atomic mass is 9.72. The van der Waals surface area contributed by atoms with Crippen LogP contribution in [0.15, 0.2) is 29.4 Å². The molecule has 0 bridgehead atoms. The van der Waals surface area contributed by atoms with E-state index in [1.807, 2.05) is 6.92 Å². The predicted molar refractivity (Wildman–Crippen MR) is 122 cm³/mol. The third-order valence-corrected chi connectivity index (χ3v) is 9.55. The molecule has 3 aliphatic rings. The summed E-state index contributed by atoms with van der Waals surface area (Å²) in [5.41, 5.74) is 2.49. The molecule has 0 unspecified atom stereocenters. The highest BCUT2D eigenvalue weighted by Gasteiger charge is 2.42. The summed E-state index contributed by atoms with van der Waals surface area (Å²) >= 11 is 0.772. The van der Waals surface area contributed by atoms with Gasteiger partial charge in [0, 0.05) is 22.7 Å². The van der Waals surface area contributed by atoms with Crippen molar-refractivity contribution in [1.82, 2.24) is 24.3 Å². The van der Waals surface area contributed by atoms with E-state index in [0.29, 0.717) is 11.3 Å². The highest BCUT2D eigenvalue weighted by atomic mass is 32.2. The molecule has 3 aromatic rings. The van der Waals surface area contributed by atoms with Crippen LogP contribution in [0.2, 0.25) is 0 Å². The summed E-state index contributed by atoms with van der Waals surface area (Å²) in [6.07, 6.45) is 6.63. The molecule has 2 aliphatic carbocycles. The Hall–Kier alpha value is -2.28. The van der Waals surface area contributed by atoms with Gasteiger partial charge in [0.15, 0.2) is 10.0 Å². The molecule has 0 amide bonds. The quantitative estimate of drug-likeness (QED) is 0.537. The summed E-state index contributed by atoms with van der Waals surface area (Å²) in [6.45, 7) is 3.38. The monoisotopic (exact) mass is 507 g/mol. The topological polar surface area (TPSA) is 98.5 Å². The molecule has 0 atom stereocenters. The average molecular weight is 508 g/mol. The zero-order valence-electron chi connectivity index (χ0n) is 18.4. The first kappa shape index (κ1) is 22.2. The number of aromatic nitrogens is 4. The van der Waals surface area contributed by atoms with Gasteiger partial charge in [0.2, 0.25) is 10.0 Å². The van der Waals surface area contributed by atoms with Crippen LogP contribution in [0, 0.1) is 5.41 Å². The zero-order valence-corrected chi connectivity index (χ0v) is 20.1. The average Bonchev–Trinajstić information content (AvgIpc) is 3.18. The van der Waals surface area contributed by atoms with Crippen molar-refractivity contribution in [3.05, 3.63) is 35.1 Å². The molecule has 0 aromatic carbocycles. The minimum atomic E-state index is -3.81. The van der Waals surface area contributed by atoms with Crippen LogP contribution >= 0.6 is 11.3 Å². The lowest BCUT2D eigenvalue weighted by molar-refractivity contribution is -0.116. The predicted octanol–water partition coefficient (Wildman–Crippen LogP) is 4.21. The van der Waals surface area contributed by atoms with E-state index in [1.165, 1.54) is 12.4 Å². The van der Waals surface area contributed by atoms with Crippen molar-refractivity contribution in [2.24, 2.45) is 5.41 Å². The Morgan fingerprint density at radius 3 is 2.62 bits per heavy atom. The van der Waals surface area contributed by atoms with Gasteiger partial charge in [-0.05, 0) is 50.7 Å². The number of nitrogens with zero attached hydrogens (tertiary/aromatic N) is 4. The van der Waals surface area contributed by atoms with Crippen LogP contribution in [0.25, 0.3) is 21.9 Å². The minimum Gasteiger partial charge on any atom is -0.380 e. The Bertz CT molecular complexity index is 1420. The maximum atomic E-state index is 13.3. The number of alkyl halides is 2. The Morgan fingerprint density at radius 2 is 2.03 bits per heavy atom. The van der Waals surface area contributed by atoms with E-state index in [2.05, 4.69) is 26.0 Å². The number of halogens is 2. The summed E-state index contributed by atoms with van der Waals surface area (Å²) in [5, 5.41) is 7.35. The lowest BCUT2D eigenvalue weighted by Gasteiger charge is -2.43. The van der Waals surface area contributed by atoms with Gasteiger partial charge in [0.1, 0.15) is 11.3 Å². The zero-order chi connectivity index (χ0) is 23.7. The fourth-order valence-electron chi connectivity index (χ4n) is 4.54. The fraction of sp³-hybridized carbons (Fsp3) is 0.500. The van der Waals surface area contributed by atoms with Crippen LogP contribution in [0.3, 0.4) is 0 Å². The van der Waals surface area contributed by atoms with E-state index in [1.54, 1.807) is 10.5 Å². The smallest absolute Gasteiger partial charge is 0.291 e. The molecule has 4 heterocycles. The van der Waals surface area contributed by atoms with Crippen LogP contribution in [-0.4, -0.2) is 46.8 Å². The van der Waals surface area contributed by atoms with E-state index in [9.17, 15) is 17.2 Å². The Labute approximate surface area is 199 Å².